The Morgan fingerprint density at radius 3 is 1.68 bits per heavy atom. The second-order valence-electron chi connectivity index (χ2n) is 13.1. The fourth-order valence-electron chi connectivity index (χ4n) is 8.33. The topological polar surface area (TPSA) is 17.8 Å². The average Bonchev–Trinajstić information content (AvgIpc) is 3.68. The van der Waals surface area contributed by atoms with Gasteiger partial charge in [-0.1, -0.05) is 146 Å². The molecule has 0 amide bonds. The van der Waals surface area contributed by atoms with Crippen LogP contribution in [0.1, 0.15) is 22.3 Å². The van der Waals surface area contributed by atoms with Crippen LogP contribution in [0.5, 0.6) is 0 Å². The molecule has 10 rings (SSSR count). The summed E-state index contributed by atoms with van der Waals surface area (Å²) in [5.74, 6) is 0. The van der Waals surface area contributed by atoms with Gasteiger partial charge in [-0.15, -0.1) is 0 Å². The molecular weight excluding hydrogens is 605 g/mol. The van der Waals surface area contributed by atoms with E-state index in [9.17, 15) is 0 Å². The molecule has 0 bridgehead atoms. The Balaban J connectivity index is 1.27. The molecule has 1 aliphatic rings. The van der Waals surface area contributed by atoms with Crippen LogP contribution in [0.15, 0.2) is 194 Å². The highest BCUT2D eigenvalue weighted by atomic mass is 15.0. The first-order valence-corrected chi connectivity index (χ1v) is 17.2. The molecule has 0 saturated carbocycles. The lowest BCUT2D eigenvalue weighted by Gasteiger charge is -2.34. The zero-order valence-electron chi connectivity index (χ0n) is 27.4. The number of pyridine rings is 1. The van der Waals surface area contributed by atoms with Gasteiger partial charge in [-0.2, -0.15) is 0 Å². The van der Waals surface area contributed by atoms with E-state index in [-0.39, 0.29) is 0 Å². The number of fused-ring (bicyclic) bond motifs is 6. The molecule has 0 fully saturated rings. The minimum atomic E-state index is -0.462. The van der Waals surface area contributed by atoms with Crippen LogP contribution < -0.4 is 0 Å². The van der Waals surface area contributed by atoms with E-state index in [1.54, 1.807) is 0 Å². The largest absolute Gasteiger partial charge is 0.309 e. The molecule has 0 spiro atoms. The zero-order valence-corrected chi connectivity index (χ0v) is 27.4. The van der Waals surface area contributed by atoms with Gasteiger partial charge in [-0.25, -0.2) is 0 Å². The Morgan fingerprint density at radius 2 is 1.00 bits per heavy atom. The average molecular weight is 637 g/mol. The summed E-state index contributed by atoms with van der Waals surface area (Å²) in [5.41, 5.74) is 15.1. The van der Waals surface area contributed by atoms with E-state index < -0.39 is 5.41 Å². The molecule has 1 aliphatic carbocycles. The number of benzene rings is 7. The van der Waals surface area contributed by atoms with Crippen LogP contribution in [0.3, 0.4) is 0 Å². The van der Waals surface area contributed by atoms with Gasteiger partial charge in [0, 0.05) is 33.8 Å². The third-order valence-corrected chi connectivity index (χ3v) is 10.5. The van der Waals surface area contributed by atoms with Crippen molar-refractivity contribution in [3.63, 3.8) is 0 Å². The molecule has 0 saturated heterocycles. The summed E-state index contributed by atoms with van der Waals surface area (Å²) in [6.07, 6.45) is 1.99. The summed E-state index contributed by atoms with van der Waals surface area (Å²) >= 11 is 0. The normalized spacial score (nSPS) is 13.0. The summed E-state index contributed by atoms with van der Waals surface area (Å²) in [5, 5.41) is 2.44. The molecule has 0 atom stereocenters. The third-order valence-electron chi connectivity index (χ3n) is 10.5. The fourth-order valence-corrected chi connectivity index (χ4v) is 8.33. The zero-order chi connectivity index (χ0) is 33.1. The van der Waals surface area contributed by atoms with Crippen LogP contribution in [-0.2, 0) is 5.41 Å². The van der Waals surface area contributed by atoms with Gasteiger partial charge in [0.15, 0.2) is 0 Å². The molecule has 7 aromatic carbocycles. The summed E-state index contributed by atoms with van der Waals surface area (Å²) in [7, 11) is 0. The van der Waals surface area contributed by atoms with Crippen molar-refractivity contribution >= 4 is 21.8 Å². The standard InChI is InChI=1S/C48H32N2/c1-5-15-33(16-6-1)35-25-27-45(49-32-35)34-26-28-46-41(29-34)42-30-44-40(31-47(42)50(46)38-21-11-4-12-22-38)39-23-13-14-24-43(39)48(44,36-17-7-2-8-18-36)37-19-9-3-10-20-37/h1-32H. The fraction of sp³-hybridized carbons (Fsp3) is 0.0208. The second-order valence-corrected chi connectivity index (χ2v) is 13.1. The number of hydrogen-bond donors (Lipinski definition) is 0. The molecule has 0 aliphatic heterocycles. The van der Waals surface area contributed by atoms with Crippen molar-refractivity contribution in [1.29, 1.82) is 0 Å². The summed E-state index contributed by atoms with van der Waals surface area (Å²) in [4.78, 5) is 4.96. The van der Waals surface area contributed by atoms with Crippen LogP contribution in [-0.4, -0.2) is 9.55 Å². The van der Waals surface area contributed by atoms with E-state index in [0.717, 1.165) is 22.5 Å². The van der Waals surface area contributed by atoms with Crippen LogP contribution >= 0.6 is 0 Å². The van der Waals surface area contributed by atoms with Crippen molar-refractivity contribution in [2.24, 2.45) is 0 Å². The molecule has 9 aromatic rings. The maximum atomic E-state index is 4.96. The van der Waals surface area contributed by atoms with Gasteiger partial charge in [0.05, 0.1) is 22.1 Å². The van der Waals surface area contributed by atoms with Gasteiger partial charge in [-0.3, -0.25) is 4.98 Å². The van der Waals surface area contributed by atoms with Crippen LogP contribution in [0, 0.1) is 0 Å². The molecule has 0 unspecified atom stereocenters. The van der Waals surface area contributed by atoms with E-state index in [4.69, 9.17) is 4.98 Å². The highest BCUT2D eigenvalue weighted by Gasteiger charge is 2.46. The predicted molar refractivity (Wildman–Crippen MR) is 207 cm³/mol. The molecule has 234 valence electrons. The molecule has 2 heteroatoms. The Morgan fingerprint density at radius 1 is 0.400 bits per heavy atom. The molecule has 50 heavy (non-hydrogen) atoms. The molecule has 2 nitrogen and oxygen atoms in total. The number of hydrogen-bond acceptors (Lipinski definition) is 1. The van der Waals surface area contributed by atoms with Crippen LogP contribution in [0.4, 0.5) is 0 Å². The van der Waals surface area contributed by atoms with Gasteiger partial charge in [-0.05, 0) is 81.4 Å². The van der Waals surface area contributed by atoms with Gasteiger partial charge in [0.1, 0.15) is 0 Å². The van der Waals surface area contributed by atoms with E-state index in [0.29, 0.717) is 0 Å². The van der Waals surface area contributed by atoms with Crippen molar-refractivity contribution in [3.05, 3.63) is 217 Å². The summed E-state index contributed by atoms with van der Waals surface area (Å²) in [6, 6.07) is 68.3. The van der Waals surface area contributed by atoms with Gasteiger partial charge >= 0.3 is 0 Å². The Hall–Kier alpha value is -6.51. The smallest absolute Gasteiger partial charge is 0.0713 e. The lowest BCUT2D eigenvalue weighted by Crippen LogP contribution is -2.28. The first-order valence-electron chi connectivity index (χ1n) is 17.2. The minimum absolute atomic E-state index is 0.462. The number of para-hydroxylation sites is 1. The van der Waals surface area contributed by atoms with Crippen LogP contribution in [0.25, 0.3) is 61.0 Å². The number of rotatable bonds is 5. The van der Waals surface area contributed by atoms with Crippen molar-refractivity contribution in [2.45, 2.75) is 5.41 Å². The monoisotopic (exact) mass is 636 g/mol. The van der Waals surface area contributed by atoms with Crippen molar-refractivity contribution < 1.29 is 0 Å². The lowest BCUT2D eigenvalue weighted by atomic mass is 9.67. The van der Waals surface area contributed by atoms with Gasteiger partial charge in [0.2, 0.25) is 0 Å². The molecule has 2 heterocycles. The van der Waals surface area contributed by atoms with Gasteiger partial charge < -0.3 is 4.57 Å². The highest BCUT2D eigenvalue weighted by Crippen LogP contribution is 2.57. The first kappa shape index (κ1) is 28.5. The maximum Gasteiger partial charge on any atom is 0.0713 e. The van der Waals surface area contributed by atoms with Crippen molar-refractivity contribution in [1.82, 2.24) is 9.55 Å². The quantitative estimate of drug-likeness (QED) is 0.184. The minimum Gasteiger partial charge on any atom is -0.309 e. The van der Waals surface area contributed by atoms with E-state index in [2.05, 4.69) is 187 Å². The molecule has 0 N–H and O–H groups in total. The highest BCUT2D eigenvalue weighted by molar-refractivity contribution is 6.12. The second kappa shape index (κ2) is 11.3. The lowest BCUT2D eigenvalue weighted by molar-refractivity contribution is 0.769. The Labute approximate surface area is 291 Å². The SMILES string of the molecule is c1ccc(-c2ccc(-c3ccc4c(c3)c3cc5c(cc3n4-c3ccccc3)-c3ccccc3C5(c3ccccc3)c3ccccc3)nc2)cc1. The van der Waals surface area contributed by atoms with E-state index >= 15 is 0 Å². The number of nitrogens with zero attached hydrogens (tertiary/aromatic N) is 2. The van der Waals surface area contributed by atoms with Gasteiger partial charge in [0.25, 0.3) is 0 Å². The van der Waals surface area contributed by atoms with Crippen LogP contribution in [0.2, 0.25) is 0 Å². The number of aromatic nitrogens is 2. The molecule has 0 radical (unpaired) electrons. The predicted octanol–water partition coefficient (Wildman–Crippen LogP) is 11.9. The maximum absolute atomic E-state index is 4.96. The van der Waals surface area contributed by atoms with Crippen molar-refractivity contribution in [2.75, 3.05) is 0 Å². The Bertz CT molecular complexity index is 2620. The third kappa shape index (κ3) is 4.18. The molecule has 2 aromatic heterocycles. The summed E-state index contributed by atoms with van der Waals surface area (Å²) in [6.45, 7) is 0. The van der Waals surface area contributed by atoms with E-state index in [1.165, 1.54) is 60.8 Å². The van der Waals surface area contributed by atoms with Crippen molar-refractivity contribution in [3.8, 4) is 39.2 Å². The summed E-state index contributed by atoms with van der Waals surface area (Å²) < 4.78 is 2.42. The Kier molecular flexibility index (Phi) is 6.43. The molecular formula is C48H32N2. The first-order chi connectivity index (χ1) is 24.8. The van der Waals surface area contributed by atoms with E-state index in [1.807, 2.05) is 12.3 Å².